The van der Waals surface area contributed by atoms with Crippen molar-refractivity contribution >= 4 is 23.2 Å². The number of nitrogens with zero attached hydrogens (tertiary/aromatic N) is 4. The Morgan fingerprint density at radius 1 is 1.36 bits per heavy atom. The number of hydrogen-bond donors (Lipinski definition) is 1. The van der Waals surface area contributed by atoms with Crippen molar-refractivity contribution in [1.29, 1.82) is 0 Å². The molecule has 3 rings (SSSR count). The second kappa shape index (κ2) is 9.08. The van der Waals surface area contributed by atoms with Crippen LogP contribution < -0.4 is 5.32 Å². The number of halogens is 3. The second-order valence-electron chi connectivity index (χ2n) is 6.66. The fraction of sp³-hybridized carbons (Fsp3) is 0.706. The minimum Gasteiger partial charge on any atom is -0.368 e. The van der Waals surface area contributed by atoms with Crippen molar-refractivity contribution < 1.29 is 22.7 Å². The van der Waals surface area contributed by atoms with Crippen LogP contribution in [-0.4, -0.2) is 79.1 Å². The fourth-order valence-corrected chi connectivity index (χ4v) is 4.09. The van der Waals surface area contributed by atoms with E-state index >= 15 is 0 Å². The summed E-state index contributed by atoms with van der Waals surface area (Å²) in [5.74, 6) is 0.737. The molecular formula is C17H24F3N5O2S. The zero-order valence-corrected chi connectivity index (χ0v) is 16.5. The first-order valence-corrected chi connectivity index (χ1v) is 10.1. The number of aromatic nitrogens is 1. The largest absolute Gasteiger partial charge is 0.434 e. The van der Waals surface area contributed by atoms with Crippen molar-refractivity contribution in [2.75, 3.05) is 46.4 Å². The maximum absolute atomic E-state index is 12.6. The van der Waals surface area contributed by atoms with Gasteiger partial charge >= 0.3 is 6.18 Å². The summed E-state index contributed by atoms with van der Waals surface area (Å²) in [6.45, 7) is 3.58. The van der Waals surface area contributed by atoms with Gasteiger partial charge in [0.05, 0.1) is 5.01 Å². The summed E-state index contributed by atoms with van der Waals surface area (Å²) < 4.78 is 43.3. The van der Waals surface area contributed by atoms with Gasteiger partial charge in [-0.05, 0) is 12.8 Å². The standard InChI is InChI=1S/C17H24F3N5O2S/c1-21-16(22-5-4-14-23-13(11-28-14)17(18,19)20)25-8-6-24(7-9-25)15(26)12-3-2-10-27-12/h11-12H,2-10H2,1H3,(H,21,22). The zero-order valence-electron chi connectivity index (χ0n) is 15.7. The van der Waals surface area contributed by atoms with Gasteiger partial charge in [-0.3, -0.25) is 9.79 Å². The first kappa shape index (κ1) is 20.8. The van der Waals surface area contributed by atoms with Gasteiger partial charge in [0, 0.05) is 58.2 Å². The van der Waals surface area contributed by atoms with Crippen molar-refractivity contribution in [1.82, 2.24) is 20.1 Å². The number of amides is 1. The average molecular weight is 419 g/mol. The van der Waals surface area contributed by atoms with Gasteiger partial charge in [0.25, 0.3) is 5.91 Å². The first-order chi connectivity index (χ1) is 13.4. The molecule has 1 aromatic heterocycles. The summed E-state index contributed by atoms with van der Waals surface area (Å²) in [5, 5.41) is 4.64. The molecule has 0 radical (unpaired) electrons. The van der Waals surface area contributed by atoms with Gasteiger partial charge in [0.15, 0.2) is 11.7 Å². The van der Waals surface area contributed by atoms with Crippen LogP contribution in [0, 0.1) is 0 Å². The SMILES string of the molecule is CN=C(NCCc1nc(C(F)(F)F)cs1)N1CCN(C(=O)C2CCCO2)CC1. The number of piperazine rings is 1. The number of thiazole rings is 1. The molecule has 0 bridgehead atoms. The Kier molecular flexibility index (Phi) is 6.76. The Morgan fingerprint density at radius 3 is 2.64 bits per heavy atom. The Morgan fingerprint density at radius 2 is 2.07 bits per heavy atom. The third kappa shape index (κ3) is 5.13. The minimum absolute atomic E-state index is 0.0596. The maximum Gasteiger partial charge on any atom is 0.434 e. The number of hydrogen-bond acceptors (Lipinski definition) is 5. The van der Waals surface area contributed by atoms with Crippen molar-refractivity contribution in [3.05, 3.63) is 16.1 Å². The minimum atomic E-state index is -4.40. The zero-order chi connectivity index (χ0) is 20.1. The molecule has 3 heterocycles. The molecule has 2 aliphatic heterocycles. The molecule has 156 valence electrons. The molecule has 1 N–H and O–H groups in total. The Balaban J connectivity index is 1.43. The highest BCUT2D eigenvalue weighted by Crippen LogP contribution is 2.30. The van der Waals surface area contributed by atoms with E-state index in [2.05, 4.69) is 15.3 Å². The molecule has 1 unspecified atom stereocenters. The molecule has 1 aromatic rings. The molecule has 2 fully saturated rings. The van der Waals surface area contributed by atoms with Gasteiger partial charge in [-0.15, -0.1) is 11.3 Å². The van der Waals surface area contributed by atoms with Crippen LogP contribution >= 0.6 is 11.3 Å². The number of ether oxygens (including phenoxy) is 1. The van der Waals surface area contributed by atoms with E-state index in [0.29, 0.717) is 56.7 Å². The smallest absolute Gasteiger partial charge is 0.368 e. The summed E-state index contributed by atoms with van der Waals surface area (Å²) >= 11 is 1.01. The molecule has 7 nitrogen and oxygen atoms in total. The molecule has 28 heavy (non-hydrogen) atoms. The molecule has 11 heteroatoms. The first-order valence-electron chi connectivity index (χ1n) is 9.26. The number of alkyl halides is 3. The maximum atomic E-state index is 12.6. The monoisotopic (exact) mass is 419 g/mol. The second-order valence-corrected chi connectivity index (χ2v) is 7.60. The van der Waals surface area contributed by atoms with E-state index < -0.39 is 11.9 Å². The molecule has 2 aliphatic rings. The third-order valence-corrected chi connectivity index (χ3v) is 5.68. The summed E-state index contributed by atoms with van der Waals surface area (Å²) in [7, 11) is 1.66. The van der Waals surface area contributed by atoms with Gasteiger partial charge in [-0.1, -0.05) is 0 Å². The number of carbonyl (C=O) groups excluding carboxylic acids is 1. The van der Waals surface area contributed by atoms with Crippen LogP contribution in [0.25, 0.3) is 0 Å². The molecule has 0 aromatic carbocycles. The van der Waals surface area contributed by atoms with E-state index in [1.807, 2.05) is 9.80 Å². The van der Waals surface area contributed by atoms with Crippen LogP contribution in [0.2, 0.25) is 0 Å². The van der Waals surface area contributed by atoms with Gasteiger partial charge in [0.1, 0.15) is 6.10 Å². The summed E-state index contributed by atoms with van der Waals surface area (Å²) in [4.78, 5) is 24.1. The van der Waals surface area contributed by atoms with Gasteiger partial charge in [-0.2, -0.15) is 13.2 Å². The van der Waals surface area contributed by atoms with E-state index in [1.54, 1.807) is 7.05 Å². The van der Waals surface area contributed by atoms with Crippen molar-refractivity contribution in [3.8, 4) is 0 Å². The third-order valence-electron chi connectivity index (χ3n) is 4.77. The van der Waals surface area contributed by atoms with E-state index in [-0.39, 0.29) is 12.0 Å². The molecule has 2 saturated heterocycles. The lowest BCUT2D eigenvalue weighted by Crippen LogP contribution is -2.55. The highest BCUT2D eigenvalue weighted by atomic mass is 32.1. The van der Waals surface area contributed by atoms with Crippen LogP contribution in [-0.2, 0) is 22.1 Å². The van der Waals surface area contributed by atoms with Gasteiger partial charge in [-0.25, -0.2) is 4.98 Å². The molecule has 0 saturated carbocycles. The lowest BCUT2D eigenvalue weighted by atomic mass is 10.2. The Hall–Kier alpha value is -1.88. The lowest BCUT2D eigenvalue weighted by molar-refractivity contribution is -0.142. The summed E-state index contributed by atoms with van der Waals surface area (Å²) in [5.41, 5.74) is -0.844. The lowest BCUT2D eigenvalue weighted by Gasteiger charge is -2.37. The number of carbonyl (C=O) groups is 1. The molecule has 0 aliphatic carbocycles. The van der Waals surface area contributed by atoms with Gasteiger partial charge < -0.3 is 19.9 Å². The predicted octanol–water partition coefficient (Wildman–Crippen LogP) is 1.60. The number of aliphatic imine (C=N–C) groups is 1. The van der Waals surface area contributed by atoms with Crippen LogP contribution in [0.3, 0.4) is 0 Å². The molecular weight excluding hydrogens is 395 g/mol. The summed E-state index contributed by atoms with van der Waals surface area (Å²) in [6, 6.07) is 0. The fourth-order valence-electron chi connectivity index (χ4n) is 3.28. The van der Waals surface area contributed by atoms with Crippen LogP contribution in [0.15, 0.2) is 10.4 Å². The normalized spacial score (nSPS) is 21.3. The molecule has 1 atom stereocenters. The van der Waals surface area contributed by atoms with E-state index in [9.17, 15) is 18.0 Å². The van der Waals surface area contributed by atoms with Crippen LogP contribution in [0.1, 0.15) is 23.5 Å². The van der Waals surface area contributed by atoms with Crippen LogP contribution in [0.4, 0.5) is 13.2 Å². The van der Waals surface area contributed by atoms with Crippen molar-refractivity contribution in [3.63, 3.8) is 0 Å². The average Bonchev–Trinajstić information content (AvgIpc) is 3.36. The number of guanidine groups is 1. The number of rotatable bonds is 4. The predicted molar refractivity (Wildman–Crippen MR) is 99.3 cm³/mol. The quantitative estimate of drug-likeness (QED) is 0.593. The highest BCUT2D eigenvalue weighted by molar-refractivity contribution is 7.09. The molecule has 1 amide bonds. The van der Waals surface area contributed by atoms with E-state index in [1.165, 1.54) is 0 Å². The van der Waals surface area contributed by atoms with E-state index in [4.69, 9.17) is 4.74 Å². The van der Waals surface area contributed by atoms with E-state index in [0.717, 1.165) is 29.6 Å². The van der Waals surface area contributed by atoms with Crippen molar-refractivity contribution in [2.45, 2.75) is 31.5 Å². The molecule has 0 spiro atoms. The topological polar surface area (TPSA) is 70.1 Å². The number of nitrogens with one attached hydrogen (secondary N) is 1. The van der Waals surface area contributed by atoms with Crippen LogP contribution in [0.5, 0.6) is 0 Å². The van der Waals surface area contributed by atoms with Gasteiger partial charge in [0.2, 0.25) is 0 Å². The van der Waals surface area contributed by atoms with Crippen molar-refractivity contribution in [2.24, 2.45) is 4.99 Å². The highest BCUT2D eigenvalue weighted by Gasteiger charge is 2.34. The summed E-state index contributed by atoms with van der Waals surface area (Å²) in [6.07, 6.45) is -2.61. The Bertz CT molecular complexity index is 695. The Labute approximate surface area is 165 Å².